The summed E-state index contributed by atoms with van der Waals surface area (Å²) in [5.41, 5.74) is 2.63. The van der Waals surface area contributed by atoms with Gasteiger partial charge in [-0.25, -0.2) is 8.42 Å². The van der Waals surface area contributed by atoms with Crippen molar-refractivity contribution in [3.05, 3.63) is 69.8 Å². The van der Waals surface area contributed by atoms with Gasteiger partial charge in [0.15, 0.2) is 0 Å². The molecule has 1 atom stereocenters. The first kappa shape index (κ1) is 20.8. The van der Waals surface area contributed by atoms with Crippen LogP contribution in [0.3, 0.4) is 0 Å². The highest BCUT2D eigenvalue weighted by Gasteiger charge is 2.21. The number of halogens is 1. The van der Waals surface area contributed by atoms with E-state index in [9.17, 15) is 18.5 Å². The number of rotatable bonds is 7. The van der Waals surface area contributed by atoms with Gasteiger partial charge >= 0.3 is 0 Å². The first-order valence-electron chi connectivity index (χ1n) is 8.86. The van der Waals surface area contributed by atoms with Crippen LogP contribution in [-0.4, -0.2) is 19.6 Å². The largest absolute Gasteiger partial charge is 0.295 e. The lowest BCUT2D eigenvalue weighted by molar-refractivity contribution is -0.384. The number of nitrogens with one attached hydrogen (secondary N) is 2. The van der Waals surface area contributed by atoms with Crippen LogP contribution < -0.4 is 10.1 Å². The maximum absolute atomic E-state index is 12.6. The zero-order chi connectivity index (χ0) is 20.9. The Labute approximate surface area is 173 Å². The van der Waals surface area contributed by atoms with Gasteiger partial charge in [0.25, 0.3) is 15.7 Å². The molecule has 0 amide bonds. The summed E-state index contributed by atoms with van der Waals surface area (Å²) < 4.78 is 27.5. The second kappa shape index (κ2) is 9.06. The van der Waals surface area contributed by atoms with Gasteiger partial charge in [0, 0.05) is 17.3 Å². The van der Waals surface area contributed by atoms with E-state index in [1.807, 2.05) is 0 Å². The molecule has 1 aliphatic rings. The second-order valence-electron chi connectivity index (χ2n) is 6.49. The van der Waals surface area contributed by atoms with Crippen molar-refractivity contribution in [2.45, 2.75) is 24.2 Å². The average Bonchev–Trinajstić information content (AvgIpc) is 2.68. The quantitative estimate of drug-likeness (QED) is 0.281. The fraction of sp³-hybridized carbons (Fsp3) is 0.211. The van der Waals surface area contributed by atoms with Crippen molar-refractivity contribution < 1.29 is 13.3 Å². The molecule has 0 saturated heterocycles. The molecular weight excluding hydrogens is 416 g/mol. The monoisotopic (exact) mass is 434 g/mol. The van der Waals surface area contributed by atoms with E-state index in [0.29, 0.717) is 5.02 Å². The van der Waals surface area contributed by atoms with Crippen molar-refractivity contribution in [1.82, 2.24) is 0 Å². The lowest BCUT2D eigenvalue weighted by Crippen LogP contribution is -2.13. The van der Waals surface area contributed by atoms with E-state index in [1.165, 1.54) is 24.3 Å². The van der Waals surface area contributed by atoms with Gasteiger partial charge in [0.05, 0.1) is 15.5 Å². The highest BCUT2D eigenvalue weighted by Crippen LogP contribution is 2.29. The summed E-state index contributed by atoms with van der Waals surface area (Å²) in [7, 11) is -4.03. The summed E-state index contributed by atoms with van der Waals surface area (Å²) in [5, 5.41) is 15.9. The van der Waals surface area contributed by atoms with Crippen LogP contribution in [0.5, 0.6) is 0 Å². The molecule has 1 aliphatic carbocycles. The van der Waals surface area contributed by atoms with Gasteiger partial charge in [-0.1, -0.05) is 29.8 Å². The molecule has 2 N–H and O–H groups in total. The van der Waals surface area contributed by atoms with Crippen LogP contribution in [0.2, 0.25) is 5.02 Å². The Morgan fingerprint density at radius 1 is 1.21 bits per heavy atom. The minimum atomic E-state index is -4.03. The molecule has 0 aliphatic heterocycles. The van der Waals surface area contributed by atoms with Crippen LogP contribution in [0.25, 0.3) is 0 Å². The first-order valence-corrected chi connectivity index (χ1v) is 10.7. The third kappa shape index (κ3) is 5.55. The molecule has 0 saturated carbocycles. The maximum atomic E-state index is 12.6. The van der Waals surface area contributed by atoms with Gasteiger partial charge in [-0.2, -0.15) is 5.10 Å². The van der Waals surface area contributed by atoms with E-state index < -0.39 is 14.9 Å². The summed E-state index contributed by atoms with van der Waals surface area (Å²) in [5.74, 6) is 0.271. The third-order valence-corrected chi connectivity index (χ3v) is 5.95. The Hall–Kier alpha value is -2.91. The molecule has 0 aromatic heterocycles. The van der Waals surface area contributed by atoms with Crippen molar-refractivity contribution in [1.29, 1.82) is 0 Å². The lowest BCUT2D eigenvalue weighted by Gasteiger charge is -2.12. The zero-order valence-corrected chi connectivity index (χ0v) is 16.9. The van der Waals surface area contributed by atoms with Gasteiger partial charge in [-0.15, -0.1) is 0 Å². The Kier molecular flexibility index (Phi) is 6.50. The van der Waals surface area contributed by atoms with Gasteiger partial charge in [-0.3, -0.25) is 20.3 Å². The van der Waals surface area contributed by atoms with Gasteiger partial charge in [0.1, 0.15) is 5.69 Å². The number of hydrazone groups is 1. The Morgan fingerprint density at radius 2 is 2.03 bits per heavy atom. The molecule has 29 heavy (non-hydrogen) atoms. The smallest absolute Gasteiger partial charge is 0.280 e. The third-order valence-electron chi connectivity index (χ3n) is 4.33. The first-order chi connectivity index (χ1) is 13.8. The Balaban J connectivity index is 1.80. The fourth-order valence-electron chi connectivity index (χ4n) is 2.85. The standard InChI is InChI=1S/C19H19ClN4O4S/c20-15-7-4-8-16(11-15)23-29(27,28)17-9-10-18(19(12-17)24(25)26)22-21-13-14-5-2-1-3-6-14/h1-2,4,7-14,22-23H,3,5-6H2/b21-13+. The van der Waals surface area contributed by atoms with Crippen LogP contribution >= 0.6 is 11.6 Å². The average molecular weight is 435 g/mol. The van der Waals surface area contributed by atoms with E-state index in [-0.39, 0.29) is 27.9 Å². The number of nitro benzene ring substituents is 1. The molecule has 1 unspecified atom stereocenters. The van der Waals surface area contributed by atoms with Crippen LogP contribution in [0.15, 0.2) is 64.6 Å². The van der Waals surface area contributed by atoms with Crippen molar-refractivity contribution in [2.24, 2.45) is 11.0 Å². The minimum Gasteiger partial charge on any atom is -0.280 e. The summed E-state index contributed by atoms with van der Waals surface area (Å²) in [6.07, 6.45) is 8.73. The maximum Gasteiger partial charge on any atom is 0.295 e. The summed E-state index contributed by atoms with van der Waals surface area (Å²) >= 11 is 5.86. The fourth-order valence-corrected chi connectivity index (χ4v) is 4.11. The van der Waals surface area contributed by atoms with Gasteiger partial charge in [-0.05, 0) is 55.5 Å². The van der Waals surface area contributed by atoms with Crippen molar-refractivity contribution in [3.8, 4) is 0 Å². The predicted molar refractivity (Wildman–Crippen MR) is 114 cm³/mol. The number of nitrogens with zero attached hydrogens (tertiary/aromatic N) is 2. The summed E-state index contributed by atoms with van der Waals surface area (Å²) in [4.78, 5) is 10.5. The summed E-state index contributed by atoms with van der Waals surface area (Å²) in [6, 6.07) is 9.77. The second-order valence-corrected chi connectivity index (χ2v) is 8.61. The van der Waals surface area contributed by atoms with Crippen molar-refractivity contribution in [3.63, 3.8) is 0 Å². The van der Waals surface area contributed by atoms with Crippen LogP contribution in [0.1, 0.15) is 19.3 Å². The molecule has 2 aromatic carbocycles. The predicted octanol–water partition coefficient (Wildman–Crippen LogP) is 4.80. The van der Waals surface area contributed by atoms with Gasteiger partial charge in [0.2, 0.25) is 0 Å². The van der Waals surface area contributed by atoms with E-state index in [1.54, 1.807) is 18.3 Å². The molecule has 0 heterocycles. The lowest BCUT2D eigenvalue weighted by atomic mass is 9.96. The highest BCUT2D eigenvalue weighted by atomic mass is 35.5. The molecule has 0 bridgehead atoms. The van der Waals surface area contributed by atoms with E-state index in [0.717, 1.165) is 25.3 Å². The van der Waals surface area contributed by atoms with E-state index in [4.69, 9.17) is 11.6 Å². The van der Waals surface area contributed by atoms with Crippen molar-refractivity contribution in [2.75, 3.05) is 10.1 Å². The van der Waals surface area contributed by atoms with Crippen LogP contribution in [0.4, 0.5) is 17.1 Å². The number of hydrogen-bond acceptors (Lipinski definition) is 6. The van der Waals surface area contributed by atoms with Crippen molar-refractivity contribution >= 4 is 44.9 Å². The molecule has 10 heteroatoms. The Bertz CT molecular complexity index is 1070. The van der Waals surface area contributed by atoms with E-state index in [2.05, 4.69) is 27.4 Å². The van der Waals surface area contributed by atoms with Gasteiger partial charge < -0.3 is 0 Å². The molecule has 0 spiro atoms. The normalized spacial score (nSPS) is 16.7. The SMILES string of the molecule is O=[N+]([O-])c1cc(S(=O)(=O)Nc2cccc(Cl)c2)ccc1N/N=C/C1CC=CCC1. The van der Waals surface area contributed by atoms with Crippen LogP contribution in [-0.2, 0) is 10.0 Å². The number of sulfonamides is 1. The minimum absolute atomic E-state index is 0.110. The molecule has 0 fully saturated rings. The number of anilines is 2. The molecular formula is C19H19ClN4O4S. The Morgan fingerprint density at radius 3 is 2.72 bits per heavy atom. The number of hydrogen-bond donors (Lipinski definition) is 2. The number of benzene rings is 2. The zero-order valence-electron chi connectivity index (χ0n) is 15.3. The van der Waals surface area contributed by atoms with E-state index >= 15 is 0 Å². The van der Waals surface area contributed by atoms with Crippen LogP contribution in [0, 0.1) is 16.0 Å². The molecule has 0 radical (unpaired) electrons. The summed E-state index contributed by atoms with van der Waals surface area (Å²) in [6.45, 7) is 0. The molecule has 2 aromatic rings. The molecule has 152 valence electrons. The highest BCUT2D eigenvalue weighted by molar-refractivity contribution is 7.92. The molecule has 3 rings (SSSR count). The number of allylic oxidation sites excluding steroid dienone is 2. The number of nitro groups is 1. The topological polar surface area (TPSA) is 114 Å². The molecule has 8 nitrogen and oxygen atoms in total.